The van der Waals surface area contributed by atoms with E-state index in [9.17, 15) is 34.8 Å². The largest absolute Gasteiger partial charge is 0.466 e. The zero-order valence-electron chi connectivity index (χ0n) is 32.1. The van der Waals surface area contributed by atoms with Gasteiger partial charge in [0, 0.05) is 48.2 Å². The Hall–Kier alpha value is -2.65. The fourth-order valence-electron chi connectivity index (χ4n) is 8.06. The van der Waals surface area contributed by atoms with E-state index in [1.54, 1.807) is 32.9 Å². The number of hydrogen-bond donors (Lipinski definition) is 4. The molecule has 6 bridgehead atoms. The van der Waals surface area contributed by atoms with E-state index in [2.05, 4.69) is 0 Å². The highest BCUT2D eigenvalue weighted by Gasteiger charge is 2.56. The molecule has 0 aromatic rings. The van der Waals surface area contributed by atoms with Crippen LogP contribution in [-0.4, -0.2) is 107 Å². The lowest BCUT2D eigenvalue weighted by molar-refractivity contribution is -0.339. The standard InChI is InChI=1S/C39H60O13.30CH4/c1-22-12-29-18-27(41)19-35(44)50-32(24(3)40)20-30-16-26(17-34(43)48-9)23(2)39(46,52-30)36(4,5)11-10-28-13-25(15-33(42)47-8)14-31(49-28)21-38(45,51-29)37(22,6)7;;;;;;;;;;;;;;;;;;;;;;;;;;;;;;/h10-11,15,17,22-24,27-32,40-41,45-46H,12-14,16,18-21H2,1-9H3;30*1H4/b11-10+,25-15+,26-17+;;;;;;;;;;;;;;;;;;;;;;;;;;;;;;/t22-,23-,24+,27+,28-,29-,30-,31-,32+,38-,39+;;;;;;;;;;;;;;;;;;;;;;;;;;;;;;/m0............................../s1. The van der Waals surface area contributed by atoms with Crippen LogP contribution in [0, 0.1) is 22.7 Å². The number of esters is 3. The van der Waals surface area contributed by atoms with Gasteiger partial charge in [-0.05, 0) is 38.5 Å². The zero-order chi connectivity index (χ0) is 38.8. The molecule has 0 aromatic heterocycles. The van der Waals surface area contributed by atoms with Crippen LogP contribution in [0.25, 0.3) is 0 Å². The van der Waals surface area contributed by atoms with E-state index in [-0.39, 0.29) is 261 Å². The van der Waals surface area contributed by atoms with Crippen molar-refractivity contribution in [2.75, 3.05) is 14.2 Å². The SMILES string of the molecule is C.C.C.C.C.C.C.C.C.C.C.C.C.C.C.C.C.C.C.C.C.C.C.C.C.C.C.C.C.C.COC(=O)/C=C1/C[C@H]2C[C@]3(O)O[C@H](C[C@@H](O)CC(=O)O[C@@H]([C@@H](C)O)C[C@@H]4C/C(=C\C(=O)OC)[C@H](C)[C@@](O)(O4)C(C)(C)/C=C/[C@@H](C1)O2)C[C@H](C)C3(C)C. The minimum Gasteiger partial charge on any atom is -0.466 e. The van der Waals surface area contributed by atoms with Crippen molar-refractivity contribution >= 4 is 17.9 Å². The number of cyclic esters (lactones) is 1. The summed E-state index contributed by atoms with van der Waals surface area (Å²) in [5, 5.41) is 46.4. The number of hydrogen-bond acceptors (Lipinski definition) is 13. The molecule has 4 heterocycles. The summed E-state index contributed by atoms with van der Waals surface area (Å²) in [6, 6.07) is 0. The van der Waals surface area contributed by atoms with Crippen molar-refractivity contribution in [1.29, 1.82) is 0 Å². The fraction of sp³-hybridized carbons (Fsp3) is 0.870. The number of methoxy groups -OCH3 is 2. The van der Waals surface area contributed by atoms with Gasteiger partial charge in [-0.2, -0.15) is 0 Å². The van der Waals surface area contributed by atoms with Gasteiger partial charge >= 0.3 is 17.9 Å². The monoisotopic (exact) mass is 1220 g/mol. The third kappa shape index (κ3) is 41.4. The van der Waals surface area contributed by atoms with Crippen LogP contribution in [0.15, 0.2) is 35.5 Å². The first-order valence-electron chi connectivity index (χ1n) is 18.4. The van der Waals surface area contributed by atoms with Gasteiger partial charge in [-0.1, -0.05) is 288 Å². The number of fused-ring (bicyclic) bond motifs is 6. The summed E-state index contributed by atoms with van der Waals surface area (Å²) in [4.78, 5) is 38.0. The molecule has 4 rings (SSSR count). The smallest absolute Gasteiger partial charge is 0.330 e. The minimum atomic E-state index is -1.91. The third-order valence-electron chi connectivity index (χ3n) is 11.9. The summed E-state index contributed by atoms with van der Waals surface area (Å²) in [6.07, 6.45) is 1.53. The van der Waals surface area contributed by atoms with Crippen molar-refractivity contribution in [1.82, 2.24) is 0 Å². The van der Waals surface area contributed by atoms with Gasteiger partial charge in [-0.15, -0.1) is 0 Å². The van der Waals surface area contributed by atoms with Crippen molar-refractivity contribution in [3.05, 3.63) is 35.5 Å². The molecule has 0 saturated carbocycles. The normalized spacial score (nSPS) is 26.2. The van der Waals surface area contributed by atoms with Gasteiger partial charge in [-0.25, -0.2) is 9.59 Å². The summed E-state index contributed by atoms with van der Waals surface area (Å²) in [6.45, 7) is 12.7. The highest BCUT2D eigenvalue weighted by Crippen LogP contribution is 2.51. The van der Waals surface area contributed by atoms with E-state index in [0.29, 0.717) is 24.8 Å². The van der Waals surface area contributed by atoms with Crippen LogP contribution in [0.3, 0.4) is 0 Å². The van der Waals surface area contributed by atoms with Crippen LogP contribution in [-0.2, 0) is 42.8 Å². The molecule has 3 fully saturated rings. The maximum atomic E-state index is 13.2. The first-order valence-corrected chi connectivity index (χ1v) is 18.4. The van der Waals surface area contributed by atoms with Crippen LogP contribution in [0.2, 0.25) is 0 Å². The molecule has 0 amide bonds. The molecule has 11 atom stereocenters. The van der Waals surface area contributed by atoms with E-state index in [4.69, 9.17) is 28.4 Å². The Morgan fingerprint density at radius 1 is 0.585 bits per heavy atom. The predicted molar refractivity (Wildman–Crippen MR) is 390 cm³/mol. The second-order valence-corrected chi connectivity index (χ2v) is 16.4. The maximum Gasteiger partial charge on any atom is 0.330 e. The number of carbonyl (C=O) groups is 3. The van der Waals surface area contributed by atoms with Crippen molar-refractivity contribution in [2.45, 2.75) is 377 Å². The van der Waals surface area contributed by atoms with Gasteiger partial charge in [0.05, 0.1) is 57.3 Å². The molecular weight excluding hydrogens is 1040 g/mol. The summed E-state index contributed by atoms with van der Waals surface area (Å²) in [5.41, 5.74) is -0.560. The molecule has 0 radical (unpaired) electrons. The molecule has 4 N–H and O–H groups in total. The molecule has 0 aromatic carbocycles. The van der Waals surface area contributed by atoms with E-state index >= 15 is 0 Å². The van der Waals surface area contributed by atoms with Crippen LogP contribution < -0.4 is 0 Å². The topological polar surface area (TPSA) is 188 Å². The number of aliphatic hydroxyl groups is 4. The van der Waals surface area contributed by atoms with Gasteiger partial charge in [0.2, 0.25) is 0 Å². The van der Waals surface area contributed by atoms with Crippen LogP contribution >= 0.6 is 0 Å². The Balaban J connectivity index is -0.0000000403. The number of carbonyl (C=O) groups excluding carboxylic acids is 3. The van der Waals surface area contributed by atoms with Crippen LogP contribution in [0.1, 0.15) is 323 Å². The Bertz CT molecular complexity index is 1410. The van der Waals surface area contributed by atoms with Gasteiger partial charge in [0.1, 0.15) is 6.10 Å². The summed E-state index contributed by atoms with van der Waals surface area (Å²) < 4.78 is 34.9. The van der Waals surface area contributed by atoms with E-state index in [1.807, 2.05) is 20.8 Å². The Morgan fingerprint density at radius 2 is 1.00 bits per heavy atom. The lowest BCUT2D eigenvalue weighted by Crippen LogP contribution is -2.59. The molecule has 4 aliphatic rings. The molecule has 4 aliphatic heterocycles. The summed E-state index contributed by atoms with van der Waals surface area (Å²) >= 11 is 0. The average Bonchev–Trinajstić information content (AvgIpc) is 3.04. The molecule has 82 heavy (non-hydrogen) atoms. The molecular formula is C69H180O13. The molecule has 0 unspecified atom stereocenters. The Morgan fingerprint density at radius 3 is 1.40 bits per heavy atom. The molecule has 13 heteroatoms. The van der Waals surface area contributed by atoms with Crippen molar-refractivity contribution < 1.29 is 63.2 Å². The molecule has 3 saturated heterocycles. The fourth-order valence-corrected chi connectivity index (χ4v) is 8.06. The van der Waals surface area contributed by atoms with Crippen molar-refractivity contribution in [2.24, 2.45) is 22.7 Å². The summed E-state index contributed by atoms with van der Waals surface area (Å²) in [7, 11) is 2.56. The second kappa shape index (κ2) is 70.8. The highest BCUT2D eigenvalue weighted by atomic mass is 16.6. The van der Waals surface area contributed by atoms with Gasteiger partial charge in [-0.3, -0.25) is 4.79 Å². The van der Waals surface area contributed by atoms with Crippen LogP contribution in [0.5, 0.6) is 0 Å². The first-order chi connectivity index (χ1) is 24.1. The van der Waals surface area contributed by atoms with E-state index in [0.717, 1.165) is 5.57 Å². The second-order valence-electron chi connectivity index (χ2n) is 16.4. The predicted octanol–water partition coefficient (Wildman–Crippen LogP) is 22.9. The zero-order valence-corrected chi connectivity index (χ0v) is 32.1. The minimum absolute atomic E-state index is 0. The highest BCUT2D eigenvalue weighted by molar-refractivity contribution is 5.83. The number of rotatable bonds is 3. The Kier molecular flexibility index (Phi) is 154. The molecule has 0 spiro atoms. The van der Waals surface area contributed by atoms with Gasteiger partial charge in [0.15, 0.2) is 11.6 Å². The quantitative estimate of drug-likeness (QED) is 0.0906. The molecule has 13 nitrogen and oxygen atoms in total. The summed E-state index contributed by atoms with van der Waals surface area (Å²) in [5.74, 6) is -6.21. The van der Waals surface area contributed by atoms with Gasteiger partial charge in [0.25, 0.3) is 0 Å². The maximum absolute atomic E-state index is 13.2. The third-order valence-corrected chi connectivity index (χ3v) is 11.9. The van der Waals surface area contributed by atoms with E-state index < -0.39 is 89.0 Å². The lowest BCUT2D eigenvalue weighted by atomic mass is 9.66. The number of aliphatic hydroxyl groups excluding tert-OH is 2. The van der Waals surface area contributed by atoms with E-state index in [1.165, 1.54) is 33.3 Å². The molecule has 534 valence electrons. The average molecular weight is 1220 g/mol. The van der Waals surface area contributed by atoms with Gasteiger partial charge < -0.3 is 48.8 Å². The molecule has 0 aliphatic carbocycles. The first kappa shape index (κ1) is 178. The number of ether oxygens (including phenoxy) is 6. The van der Waals surface area contributed by atoms with Crippen LogP contribution in [0.4, 0.5) is 0 Å². The Labute approximate surface area is 528 Å². The van der Waals surface area contributed by atoms with Crippen molar-refractivity contribution in [3.8, 4) is 0 Å². The van der Waals surface area contributed by atoms with Crippen molar-refractivity contribution in [3.63, 3.8) is 0 Å². The lowest BCUT2D eigenvalue weighted by Gasteiger charge is -2.54.